The quantitative estimate of drug-likeness (QED) is 0.839. The largest absolute Gasteiger partial charge is 0.383 e. The fourth-order valence-corrected chi connectivity index (χ4v) is 3.39. The summed E-state index contributed by atoms with van der Waals surface area (Å²) >= 11 is 0. The summed E-state index contributed by atoms with van der Waals surface area (Å²) in [6.07, 6.45) is 3.13. The van der Waals surface area contributed by atoms with Gasteiger partial charge in [-0.2, -0.15) is 0 Å². The van der Waals surface area contributed by atoms with Gasteiger partial charge in [-0.1, -0.05) is 18.2 Å². The number of aryl methyl sites for hydroxylation is 1. The molecule has 1 saturated heterocycles. The Hall–Kier alpha value is -1.06. The van der Waals surface area contributed by atoms with Gasteiger partial charge in [0.05, 0.1) is 12.2 Å². The normalized spacial score (nSPS) is 32.2. The fourth-order valence-electron chi connectivity index (χ4n) is 3.39. The minimum Gasteiger partial charge on any atom is -0.383 e. The summed E-state index contributed by atoms with van der Waals surface area (Å²) in [4.78, 5) is 2.61. The Kier molecular flexibility index (Phi) is 3.76. The Labute approximate surface area is 115 Å². The fraction of sp³-hybridized carbons (Fsp3) is 0.625. The maximum absolute atomic E-state index is 5.84. The van der Waals surface area contributed by atoms with Crippen molar-refractivity contribution in [3.63, 3.8) is 0 Å². The first-order chi connectivity index (χ1) is 9.22. The highest BCUT2D eigenvalue weighted by atomic mass is 16.5. The number of para-hydroxylation sites is 1. The van der Waals surface area contributed by atoms with Crippen molar-refractivity contribution >= 4 is 5.69 Å². The molecular formula is C16H24N2O. The highest BCUT2D eigenvalue weighted by Crippen LogP contribution is 2.24. The van der Waals surface area contributed by atoms with E-state index in [2.05, 4.69) is 48.3 Å². The van der Waals surface area contributed by atoms with Gasteiger partial charge < -0.3 is 10.1 Å². The zero-order chi connectivity index (χ0) is 13.2. The molecule has 0 radical (unpaired) electrons. The molecule has 0 bridgehead atoms. The summed E-state index contributed by atoms with van der Waals surface area (Å²) in [5.74, 6) is 0. The first-order valence-corrected chi connectivity index (χ1v) is 7.43. The molecule has 0 spiro atoms. The van der Waals surface area contributed by atoms with Crippen LogP contribution in [0.15, 0.2) is 24.3 Å². The van der Waals surface area contributed by atoms with Gasteiger partial charge in [0.25, 0.3) is 0 Å². The molecule has 3 heteroatoms. The van der Waals surface area contributed by atoms with Crippen molar-refractivity contribution in [3.8, 4) is 0 Å². The Morgan fingerprint density at radius 2 is 1.89 bits per heavy atom. The molecule has 2 aliphatic rings. The van der Waals surface area contributed by atoms with E-state index in [1.807, 2.05) is 0 Å². The lowest BCUT2D eigenvalue weighted by Crippen LogP contribution is -2.51. The van der Waals surface area contributed by atoms with E-state index in [1.54, 1.807) is 0 Å². The molecule has 1 aromatic rings. The average molecular weight is 260 g/mol. The number of hydrogen-bond donors (Lipinski definition) is 1. The van der Waals surface area contributed by atoms with Gasteiger partial charge in [0.15, 0.2) is 0 Å². The average Bonchev–Trinajstić information content (AvgIpc) is 2.60. The second-order valence-electron chi connectivity index (χ2n) is 5.94. The number of rotatable bonds is 1. The third kappa shape index (κ3) is 2.93. The maximum Gasteiger partial charge on any atom is 0.0678 e. The third-order valence-corrected chi connectivity index (χ3v) is 4.26. The Morgan fingerprint density at radius 1 is 1.16 bits per heavy atom. The van der Waals surface area contributed by atoms with Crippen molar-refractivity contribution < 1.29 is 4.74 Å². The van der Waals surface area contributed by atoms with Gasteiger partial charge in [-0.3, -0.25) is 4.90 Å². The van der Waals surface area contributed by atoms with Crippen molar-refractivity contribution in [2.45, 2.75) is 44.9 Å². The summed E-state index contributed by atoms with van der Waals surface area (Å²) in [6.45, 7) is 7.54. The SMILES string of the molecule is C[C@@H]1CN(C2CCc3ccccc3NC2)C[C@H](C)O1. The van der Waals surface area contributed by atoms with Gasteiger partial charge in [-0.25, -0.2) is 0 Å². The first kappa shape index (κ1) is 12.9. The van der Waals surface area contributed by atoms with E-state index in [0.29, 0.717) is 18.2 Å². The van der Waals surface area contributed by atoms with Crippen LogP contribution in [0.3, 0.4) is 0 Å². The number of nitrogens with zero attached hydrogens (tertiary/aromatic N) is 1. The van der Waals surface area contributed by atoms with Crippen LogP contribution in [0.1, 0.15) is 25.8 Å². The van der Waals surface area contributed by atoms with E-state index < -0.39 is 0 Å². The summed E-state index contributed by atoms with van der Waals surface area (Å²) in [7, 11) is 0. The van der Waals surface area contributed by atoms with Crippen LogP contribution < -0.4 is 5.32 Å². The molecule has 2 aliphatic heterocycles. The van der Waals surface area contributed by atoms with E-state index >= 15 is 0 Å². The second-order valence-corrected chi connectivity index (χ2v) is 5.94. The topological polar surface area (TPSA) is 24.5 Å². The zero-order valence-electron chi connectivity index (χ0n) is 11.9. The molecule has 0 amide bonds. The zero-order valence-corrected chi connectivity index (χ0v) is 11.9. The summed E-state index contributed by atoms with van der Waals surface area (Å²) in [6, 6.07) is 9.32. The Bertz CT molecular complexity index is 398. The molecule has 3 atom stereocenters. The molecule has 1 unspecified atom stereocenters. The standard InChI is InChI=1S/C16H24N2O/c1-12-10-18(11-13(2)19-12)15-8-7-14-5-3-4-6-16(14)17-9-15/h3-6,12-13,15,17H,7-11H2,1-2H3/t12-,13+,15?. The number of morpholine rings is 1. The van der Waals surface area contributed by atoms with E-state index in [4.69, 9.17) is 4.74 Å². The highest BCUT2D eigenvalue weighted by molar-refractivity contribution is 5.52. The lowest BCUT2D eigenvalue weighted by atomic mass is 10.0. The van der Waals surface area contributed by atoms with Crippen molar-refractivity contribution in [2.24, 2.45) is 0 Å². The predicted molar refractivity (Wildman–Crippen MR) is 78.6 cm³/mol. The Morgan fingerprint density at radius 3 is 2.68 bits per heavy atom. The Balaban J connectivity index is 1.68. The summed E-state index contributed by atoms with van der Waals surface area (Å²) < 4.78 is 5.84. The molecule has 1 fully saturated rings. The minimum atomic E-state index is 0.356. The van der Waals surface area contributed by atoms with Crippen LogP contribution in [-0.4, -0.2) is 42.8 Å². The van der Waals surface area contributed by atoms with Crippen LogP contribution in [0.2, 0.25) is 0 Å². The monoisotopic (exact) mass is 260 g/mol. The number of fused-ring (bicyclic) bond motifs is 1. The van der Waals surface area contributed by atoms with E-state index in [-0.39, 0.29) is 0 Å². The van der Waals surface area contributed by atoms with Crippen LogP contribution in [-0.2, 0) is 11.2 Å². The second kappa shape index (κ2) is 5.51. The van der Waals surface area contributed by atoms with Crippen LogP contribution in [0, 0.1) is 0 Å². The summed E-state index contributed by atoms with van der Waals surface area (Å²) in [5, 5.41) is 3.62. The van der Waals surface area contributed by atoms with Gasteiger partial charge >= 0.3 is 0 Å². The predicted octanol–water partition coefficient (Wildman–Crippen LogP) is 2.52. The van der Waals surface area contributed by atoms with Gasteiger partial charge in [-0.05, 0) is 38.3 Å². The third-order valence-electron chi connectivity index (χ3n) is 4.26. The summed E-state index contributed by atoms with van der Waals surface area (Å²) in [5.41, 5.74) is 2.78. The van der Waals surface area contributed by atoms with Crippen LogP contribution in [0.4, 0.5) is 5.69 Å². The van der Waals surface area contributed by atoms with E-state index in [9.17, 15) is 0 Å². The van der Waals surface area contributed by atoms with Crippen molar-refractivity contribution in [3.05, 3.63) is 29.8 Å². The molecule has 0 aliphatic carbocycles. The van der Waals surface area contributed by atoms with Gasteiger partial charge in [0.1, 0.15) is 0 Å². The number of benzene rings is 1. The van der Waals surface area contributed by atoms with Gasteiger partial charge in [-0.15, -0.1) is 0 Å². The van der Waals surface area contributed by atoms with E-state index in [1.165, 1.54) is 24.1 Å². The molecule has 19 heavy (non-hydrogen) atoms. The molecular weight excluding hydrogens is 236 g/mol. The molecule has 1 N–H and O–H groups in total. The minimum absolute atomic E-state index is 0.356. The highest BCUT2D eigenvalue weighted by Gasteiger charge is 2.28. The number of hydrogen-bond acceptors (Lipinski definition) is 3. The number of ether oxygens (including phenoxy) is 1. The van der Waals surface area contributed by atoms with Gasteiger partial charge in [0, 0.05) is 31.4 Å². The van der Waals surface area contributed by atoms with Gasteiger partial charge in [0.2, 0.25) is 0 Å². The number of anilines is 1. The molecule has 2 heterocycles. The van der Waals surface area contributed by atoms with E-state index in [0.717, 1.165) is 19.6 Å². The van der Waals surface area contributed by atoms with Crippen molar-refractivity contribution in [1.29, 1.82) is 0 Å². The van der Waals surface area contributed by atoms with Crippen molar-refractivity contribution in [2.75, 3.05) is 25.0 Å². The van der Waals surface area contributed by atoms with Crippen LogP contribution >= 0.6 is 0 Å². The molecule has 3 rings (SSSR count). The molecule has 0 aromatic heterocycles. The maximum atomic E-state index is 5.84. The van der Waals surface area contributed by atoms with Crippen molar-refractivity contribution in [1.82, 2.24) is 4.90 Å². The lowest BCUT2D eigenvalue weighted by molar-refractivity contribution is -0.0795. The molecule has 3 nitrogen and oxygen atoms in total. The first-order valence-electron chi connectivity index (χ1n) is 7.43. The van der Waals surface area contributed by atoms with Crippen LogP contribution in [0.25, 0.3) is 0 Å². The molecule has 104 valence electrons. The lowest BCUT2D eigenvalue weighted by Gasteiger charge is -2.40. The molecule has 1 aromatic carbocycles. The molecule has 0 saturated carbocycles. The smallest absolute Gasteiger partial charge is 0.0678 e. The number of nitrogens with one attached hydrogen (secondary N) is 1. The van der Waals surface area contributed by atoms with Crippen LogP contribution in [0.5, 0.6) is 0 Å².